The molecule has 53 heavy (non-hydrogen) atoms. The van der Waals surface area contributed by atoms with E-state index in [2.05, 4.69) is 37.2 Å². The summed E-state index contributed by atoms with van der Waals surface area (Å²) in [6.45, 7) is 3.35. The average molecular weight is 780 g/mol. The maximum absolute atomic E-state index is 13.3. The molecule has 302 valence electrons. The average Bonchev–Trinajstić information content (AvgIpc) is 3.07. The Labute approximate surface area is 310 Å². The molecule has 8 atom stereocenters. The van der Waals surface area contributed by atoms with Crippen LogP contribution in [0.4, 0.5) is 0 Å². The van der Waals surface area contributed by atoms with Crippen molar-refractivity contribution in [3.63, 3.8) is 0 Å². The summed E-state index contributed by atoms with van der Waals surface area (Å²) in [6, 6.07) is -10.6. The predicted octanol–water partition coefficient (Wildman–Crippen LogP) is -6.52. The lowest BCUT2D eigenvalue weighted by atomic mass is 10.0. The number of carbonyl (C=O) groups is 9. The van der Waals surface area contributed by atoms with Crippen LogP contribution in [-0.4, -0.2) is 154 Å². The van der Waals surface area contributed by atoms with Crippen LogP contribution >= 0.6 is 11.8 Å². The molecule has 0 saturated heterocycles. The van der Waals surface area contributed by atoms with Gasteiger partial charge in [-0.3, -0.25) is 38.4 Å². The van der Waals surface area contributed by atoms with Crippen LogP contribution in [0, 0.1) is 5.92 Å². The molecule has 0 rings (SSSR count). The lowest BCUT2D eigenvalue weighted by molar-refractivity contribution is -0.143. The van der Waals surface area contributed by atoms with Crippen LogP contribution in [0.25, 0.3) is 0 Å². The Morgan fingerprint density at radius 3 is 1.60 bits per heavy atom. The van der Waals surface area contributed by atoms with E-state index in [0.29, 0.717) is 0 Å². The first-order valence-corrected chi connectivity index (χ1v) is 17.8. The highest BCUT2D eigenvalue weighted by atomic mass is 32.2. The number of hydrogen-bond acceptors (Lipinski definition) is 14. The normalized spacial score (nSPS) is 15.5. The van der Waals surface area contributed by atoms with Crippen LogP contribution in [0.2, 0.25) is 0 Å². The Balaban J connectivity index is 5.89. The molecule has 0 aliphatic rings. The van der Waals surface area contributed by atoms with E-state index in [1.807, 2.05) is 0 Å². The Morgan fingerprint density at radius 2 is 1.13 bits per heavy atom. The lowest BCUT2D eigenvalue weighted by Gasteiger charge is -2.27. The molecule has 0 bridgehead atoms. The molecule has 22 nitrogen and oxygen atoms in total. The van der Waals surface area contributed by atoms with Crippen LogP contribution in [0.3, 0.4) is 0 Å². The fourth-order valence-corrected chi connectivity index (χ4v) is 4.78. The van der Waals surface area contributed by atoms with Crippen molar-refractivity contribution in [1.29, 1.82) is 0 Å². The number of aliphatic hydroxyl groups excluding tert-OH is 3. The number of rotatable bonds is 25. The highest BCUT2D eigenvalue weighted by Crippen LogP contribution is 2.07. The summed E-state index contributed by atoms with van der Waals surface area (Å²) >= 11 is 1.26. The monoisotopic (exact) mass is 779 g/mol. The van der Waals surface area contributed by atoms with Crippen molar-refractivity contribution in [2.45, 2.75) is 95.4 Å². The van der Waals surface area contributed by atoms with Gasteiger partial charge >= 0.3 is 5.97 Å². The molecule has 0 aliphatic heterocycles. The van der Waals surface area contributed by atoms with Gasteiger partial charge < -0.3 is 69.1 Å². The van der Waals surface area contributed by atoms with Gasteiger partial charge in [0, 0.05) is 0 Å². The number of carboxylic acids is 1. The molecular weight excluding hydrogens is 726 g/mol. The minimum Gasteiger partial charge on any atom is -0.480 e. The Bertz CT molecular complexity index is 1300. The number of amides is 8. The van der Waals surface area contributed by atoms with E-state index in [1.54, 1.807) is 20.1 Å². The number of nitrogens with one attached hydrogen (secondary N) is 7. The van der Waals surface area contributed by atoms with Crippen molar-refractivity contribution in [2.75, 3.05) is 31.8 Å². The fraction of sp³-hybridized carbons (Fsp3) is 0.700. The molecule has 0 heterocycles. The van der Waals surface area contributed by atoms with Gasteiger partial charge in [0.15, 0.2) is 0 Å². The summed E-state index contributed by atoms with van der Waals surface area (Å²) in [4.78, 5) is 113. The molecule has 0 radical (unpaired) electrons. The molecule has 0 unspecified atom stereocenters. The minimum atomic E-state index is -1.75. The third kappa shape index (κ3) is 18.7. The smallest absolute Gasteiger partial charge is 0.326 e. The molecule has 8 amide bonds. The third-order valence-corrected chi connectivity index (χ3v) is 7.80. The van der Waals surface area contributed by atoms with Crippen molar-refractivity contribution < 1.29 is 63.6 Å². The first kappa shape index (κ1) is 48.4. The lowest BCUT2D eigenvalue weighted by Crippen LogP contribution is -2.62. The summed E-state index contributed by atoms with van der Waals surface area (Å²) in [6.07, 6.45) is -0.704. The van der Waals surface area contributed by atoms with Crippen LogP contribution < -0.4 is 48.7 Å². The number of carbonyl (C=O) groups excluding carboxylic acids is 8. The van der Waals surface area contributed by atoms with Crippen LogP contribution in [0.5, 0.6) is 0 Å². The second-order valence-electron chi connectivity index (χ2n) is 12.4. The van der Waals surface area contributed by atoms with Gasteiger partial charge in [0.25, 0.3) is 0 Å². The van der Waals surface area contributed by atoms with Crippen LogP contribution in [0.15, 0.2) is 0 Å². The molecule has 0 saturated carbocycles. The summed E-state index contributed by atoms with van der Waals surface area (Å²) in [7, 11) is 0. The topological polar surface area (TPSA) is 371 Å². The summed E-state index contributed by atoms with van der Waals surface area (Å²) in [5.74, 6) is -9.35. The molecule has 0 spiro atoms. The first-order valence-electron chi connectivity index (χ1n) is 16.4. The van der Waals surface area contributed by atoms with E-state index < -0.39 is 128 Å². The van der Waals surface area contributed by atoms with Gasteiger partial charge in [-0.1, -0.05) is 13.8 Å². The predicted molar refractivity (Wildman–Crippen MR) is 188 cm³/mol. The van der Waals surface area contributed by atoms with Gasteiger partial charge in [0.1, 0.15) is 36.3 Å². The zero-order valence-electron chi connectivity index (χ0n) is 30.2. The number of carboxylic acid groups (broad SMARTS) is 1. The fourth-order valence-electron chi connectivity index (χ4n) is 4.31. The first-order chi connectivity index (χ1) is 24.7. The van der Waals surface area contributed by atoms with E-state index in [9.17, 15) is 63.6 Å². The van der Waals surface area contributed by atoms with Crippen LogP contribution in [-0.2, 0) is 43.2 Å². The zero-order chi connectivity index (χ0) is 41.0. The molecule has 23 heteroatoms. The van der Waals surface area contributed by atoms with Crippen LogP contribution in [0.1, 0.15) is 47.0 Å². The van der Waals surface area contributed by atoms with Gasteiger partial charge in [-0.05, 0) is 44.6 Å². The van der Waals surface area contributed by atoms with Crippen molar-refractivity contribution in [3.05, 3.63) is 0 Å². The van der Waals surface area contributed by atoms with E-state index in [-0.39, 0.29) is 24.5 Å². The van der Waals surface area contributed by atoms with E-state index >= 15 is 0 Å². The molecular formula is C30H53N9O13S. The minimum absolute atomic E-state index is 0.0402. The number of aliphatic carboxylic acids is 1. The number of hydrogen-bond donors (Lipinski definition) is 13. The van der Waals surface area contributed by atoms with Gasteiger partial charge in [-0.25, -0.2) is 4.79 Å². The van der Waals surface area contributed by atoms with Crippen molar-refractivity contribution in [3.8, 4) is 0 Å². The van der Waals surface area contributed by atoms with Gasteiger partial charge in [0.05, 0.1) is 38.3 Å². The molecule has 0 fully saturated rings. The zero-order valence-corrected chi connectivity index (χ0v) is 31.0. The molecule has 0 aromatic heterocycles. The standard InChI is InChI=1S/C30H53N9O13S/c1-13(2)8-18(30(51)52)37-29(50)23(15(4)42)39-28(49)20(12-41)38-25(46)16(6-7-53-5)35-26(47)17(9-21(32)43)36-27(48)19(11-40)34-22(44)10-33-24(45)14(3)31/h13-20,23,40-42H,6-12,31H2,1-5H3,(H2,32,43)(H,33,45)(H,34,44)(H,35,47)(H,36,48)(H,37,50)(H,38,46)(H,39,49)(H,51,52)/t14-,15+,16-,17-,18-,19-,20-,23-/m0/s1. The van der Waals surface area contributed by atoms with E-state index in [1.165, 1.54) is 18.7 Å². The largest absolute Gasteiger partial charge is 0.480 e. The highest BCUT2D eigenvalue weighted by molar-refractivity contribution is 7.98. The maximum atomic E-state index is 13.3. The Morgan fingerprint density at radius 1 is 0.660 bits per heavy atom. The molecule has 0 aliphatic carbocycles. The second kappa shape index (κ2) is 24.6. The Hall–Kier alpha value is -4.58. The summed E-state index contributed by atoms with van der Waals surface area (Å²) in [5.41, 5.74) is 10.6. The van der Waals surface area contributed by atoms with Gasteiger partial charge in [0.2, 0.25) is 47.3 Å². The third-order valence-electron chi connectivity index (χ3n) is 7.15. The number of aliphatic hydroxyl groups is 3. The molecule has 15 N–H and O–H groups in total. The summed E-state index contributed by atoms with van der Waals surface area (Å²) in [5, 5.41) is 54.7. The highest BCUT2D eigenvalue weighted by Gasteiger charge is 2.35. The Kier molecular flexibility index (Phi) is 22.5. The van der Waals surface area contributed by atoms with Crippen molar-refractivity contribution in [1.82, 2.24) is 37.2 Å². The second-order valence-corrected chi connectivity index (χ2v) is 13.4. The number of primary amides is 1. The SMILES string of the molecule is CSCC[C@H](NC(=O)[C@H](CC(N)=O)NC(=O)[C@H](CO)NC(=O)CNC(=O)[C@H](C)N)C(=O)N[C@@H](CO)C(=O)N[C@H](C(=O)N[C@@H](CC(C)C)C(=O)O)[C@@H](C)O. The molecule has 0 aromatic carbocycles. The van der Waals surface area contributed by atoms with E-state index in [4.69, 9.17) is 11.5 Å². The van der Waals surface area contributed by atoms with E-state index in [0.717, 1.165) is 6.92 Å². The van der Waals surface area contributed by atoms with Gasteiger partial charge in [-0.15, -0.1) is 0 Å². The molecule has 0 aromatic rings. The van der Waals surface area contributed by atoms with Crippen molar-refractivity contribution >= 4 is 65.0 Å². The summed E-state index contributed by atoms with van der Waals surface area (Å²) < 4.78 is 0. The number of nitrogens with two attached hydrogens (primary N) is 2. The maximum Gasteiger partial charge on any atom is 0.326 e. The number of thioether (sulfide) groups is 1. The van der Waals surface area contributed by atoms with Gasteiger partial charge in [-0.2, -0.15) is 11.8 Å². The quantitative estimate of drug-likeness (QED) is 0.0410. The van der Waals surface area contributed by atoms with Crippen molar-refractivity contribution in [2.24, 2.45) is 17.4 Å².